The molecule has 86 valence electrons. The van der Waals surface area contributed by atoms with Crippen LogP contribution in [0.4, 0.5) is 0 Å². The number of rotatable bonds is 3. The van der Waals surface area contributed by atoms with Crippen LogP contribution in [0.1, 0.15) is 29.7 Å². The number of carboxylic acid groups (broad SMARTS) is 1. The zero-order valence-electron chi connectivity index (χ0n) is 9.57. The summed E-state index contributed by atoms with van der Waals surface area (Å²) in [5.74, 6) is -1.41. The highest BCUT2D eigenvalue weighted by atomic mass is 16.4. The summed E-state index contributed by atoms with van der Waals surface area (Å²) in [4.78, 5) is 22.0. The number of nitrogens with one attached hydrogen (secondary N) is 1. The average molecular weight is 221 g/mol. The van der Waals surface area contributed by atoms with Gasteiger partial charge in [-0.05, 0) is 25.0 Å². The fourth-order valence-corrected chi connectivity index (χ4v) is 1.55. The van der Waals surface area contributed by atoms with E-state index in [1.165, 1.54) is 6.92 Å². The second kappa shape index (κ2) is 4.79. The first kappa shape index (κ1) is 12.2. The maximum atomic E-state index is 11.1. The molecule has 0 radical (unpaired) electrons. The Kier molecular flexibility index (Phi) is 3.66. The highest BCUT2D eigenvalue weighted by Gasteiger charge is 2.22. The molecule has 0 aliphatic carbocycles. The SMILES string of the molecule is CC(=O)NC(C(=O)O)c1cc(C)ccc1C. The number of benzene rings is 1. The van der Waals surface area contributed by atoms with Gasteiger partial charge < -0.3 is 10.4 Å². The average Bonchev–Trinajstić information content (AvgIpc) is 2.18. The molecule has 0 aliphatic heterocycles. The van der Waals surface area contributed by atoms with Crippen molar-refractivity contribution in [3.63, 3.8) is 0 Å². The molecule has 0 heterocycles. The molecular weight excluding hydrogens is 206 g/mol. The molecular formula is C12H15NO3. The molecule has 16 heavy (non-hydrogen) atoms. The number of amides is 1. The zero-order valence-corrected chi connectivity index (χ0v) is 9.57. The molecule has 0 aliphatic rings. The molecule has 0 fully saturated rings. The summed E-state index contributed by atoms with van der Waals surface area (Å²) >= 11 is 0. The molecule has 1 atom stereocenters. The minimum Gasteiger partial charge on any atom is -0.479 e. The van der Waals surface area contributed by atoms with Crippen molar-refractivity contribution in [3.8, 4) is 0 Å². The first-order valence-corrected chi connectivity index (χ1v) is 4.99. The number of aliphatic carboxylic acids is 1. The molecule has 1 unspecified atom stereocenters. The number of hydrogen-bond acceptors (Lipinski definition) is 2. The Labute approximate surface area is 94.3 Å². The van der Waals surface area contributed by atoms with E-state index in [0.29, 0.717) is 5.56 Å². The van der Waals surface area contributed by atoms with Crippen LogP contribution in [-0.2, 0) is 9.59 Å². The van der Waals surface area contributed by atoms with Crippen LogP contribution in [0.2, 0.25) is 0 Å². The molecule has 1 rings (SSSR count). The standard InChI is InChI=1S/C12H15NO3/c1-7-4-5-8(2)10(6-7)11(12(15)16)13-9(3)14/h4-6,11H,1-3H3,(H,13,14)(H,15,16). The van der Waals surface area contributed by atoms with E-state index in [1.54, 1.807) is 6.07 Å². The molecule has 0 aromatic heterocycles. The predicted molar refractivity (Wildman–Crippen MR) is 60.1 cm³/mol. The Bertz CT molecular complexity index is 426. The van der Waals surface area contributed by atoms with Crippen molar-refractivity contribution in [1.82, 2.24) is 5.32 Å². The minimum absolute atomic E-state index is 0.353. The van der Waals surface area contributed by atoms with Crippen molar-refractivity contribution in [2.75, 3.05) is 0 Å². The third kappa shape index (κ3) is 2.82. The molecule has 4 nitrogen and oxygen atoms in total. The van der Waals surface area contributed by atoms with Gasteiger partial charge in [0.05, 0.1) is 0 Å². The fraction of sp³-hybridized carbons (Fsp3) is 0.333. The van der Waals surface area contributed by atoms with Gasteiger partial charge >= 0.3 is 5.97 Å². The van der Waals surface area contributed by atoms with Crippen LogP contribution in [0.25, 0.3) is 0 Å². The van der Waals surface area contributed by atoms with Gasteiger partial charge in [0.15, 0.2) is 6.04 Å². The highest BCUT2D eigenvalue weighted by Crippen LogP contribution is 2.19. The Morgan fingerprint density at radius 2 is 1.94 bits per heavy atom. The maximum absolute atomic E-state index is 11.1. The van der Waals surface area contributed by atoms with Gasteiger partial charge in [-0.2, -0.15) is 0 Å². The van der Waals surface area contributed by atoms with E-state index < -0.39 is 12.0 Å². The first-order valence-electron chi connectivity index (χ1n) is 4.99. The van der Waals surface area contributed by atoms with Crippen LogP contribution in [0.3, 0.4) is 0 Å². The molecule has 0 saturated heterocycles. The van der Waals surface area contributed by atoms with E-state index in [1.807, 2.05) is 26.0 Å². The van der Waals surface area contributed by atoms with Crippen molar-refractivity contribution in [2.45, 2.75) is 26.8 Å². The van der Waals surface area contributed by atoms with E-state index in [0.717, 1.165) is 11.1 Å². The summed E-state index contributed by atoms with van der Waals surface area (Å²) in [6.07, 6.45) is 0. The van der Waals surface area contributed by atoms with Crippen LogP contribution in [0, 0.1) is 13.8 Å². The van der Waals surface area contributed by atoms with Crippen molar-refractivity contribution in [2.24, 2.45) is 0 Å². The van der Waals surface area contributed by atoms with Crippen molar-refractivity contribution >= 4 is 11.9 Å². The highest BCUT2D eigenvalue weighted by molar-refractivity contribution is 5.83. The molecule has 2 N–H and O–H groups in total. The van der Waals surface area contributed by atoms with Crippen LogP contribution in [-0.4, -0.2) is 17.0 Å². The molecule has 1 aromatic carbocycles. The van der Waals surface area contributed by atoms with Gasteiger partial charge in [-0.25, -0.2) is 4.79 Å². The molecule has 0 saturated carbocycles. The lowest BCUT2D eigenvalue weighted by Crippen LogP contribution is -2.32. The minimum atomic E-state index is -1.05. The smallest absolute Gasteiger partial charge is 0.330 e. The van der Waals surface area contributed by atoms with Gasteiger partial charge in [0, 0.05) is 6.92 Å². The van der Waals surface area contributed by atoms with E-state index in [4.69, 9.17) is 5.11 Å². The summed E-state index contributed by atoms with van der Waals surface area (Å²) in [7, 11) is 0. The van der Waals surface area contributed by atoms with Gasteiger partial charge in [0.25, 0.3) is 0 Å². The lowest BCUT2D eigenvalue weighted by Gasteiger charge is -2.16. The van der Waals surface area contributed by atoms with E-state index in [9.17, 15) is 9.59 Å². The molecule has 0 spiro atoms. The number of carbonyl (C=O) groups excluding carboxylic acids is 1. The van der Waals surface area contributed by atoms with Crippen LogP contribution in [0.15, 0.2) is 18.2 Å². The van der Waals surface area contributed by atoms with Gasteiger partial charge in [-0.3, -0.25) is 4.79 Å². The summed E-state index contributed by atoms with van der Waals surface area (Å²) in [5, 5.41) is 11.5. The number of hydrogen-bond donors (Lipinski definition) is 2. The van der Waals surface area contributed by atoms with Gasteiger partial charge in [-0.15, -0.1) is 0 Å². The number of carboxylic acids is 1. The topological polar surface area (TPSA) is 66.4 Å². The molecule has 4 heteroatoms. The lowest BCUT2D eigenvalue weighted by molar-refractivity contribution is -0.141. The van der Waals surface area contributed by atoms with Gasteiger partial charge in [0.1, 0.15) is 0 Å². The Balaban J connectivity index is 3.14. The van der Waals surface area contributed by atoms with Gasteiger partial charge in [-0.1, -0.05) is 23.8 Å². The Morgan fingerprint density at radius 3 is 2.44 bits per heavy atom. The Morgan fingerprint density at radius 1 is 1.31 bits per heavy atom. The van der Waals surface area contributed by atoms with Crippen molar-refractivity contribution < 1.29 is 14.7 Å². The van der Waals surface area contributed by atoms with Crippen molar-refractivity contribution in [3.05, 3.63) is 34.9 Å². The lowest BCUT2D eigenvalue weighted by atomic mass is 9.99. The van der Waals surface area contributed by atoms with E-state index in [-0.39, 0.29) is 5.91 Å². The zero-order chi connectivity index (χ0) is 12.3. The van der Waals surface area contributed by atoms with Crippen LogP contribution < -0.4 is 5.32 Å². The second-order valence-electron chi connectivity index (χ2n) is 3.83. The number of aryl methyl sites for hydroxylation is 2. The van der Waals surface area contributed by atoms with Crippen LogP contribution in [0.5, 0.6) is 0 Å². The Hall–Kier alpha value is -1.84. The third-order valence-electron chi connectivity index (χ3n) is 2.34. The quantitative estimate of drug-likeness (QED) is 0.814. The second-order valence-corrected chi connectivity index (χ2v) is 3.83. The summed E-state index contributed by atoms with van der Waals surface area (Å²) in [6, 6.07) is 4.57. The fourth-order valence-electron chi connectivity index (χ4n) is 1.55. The summed E-state index contributed by atoms with van der Waals surface area (Å²) in [5.41, 5.74) is 2.45. The van der Waals surface area contributed by atoms with Gasteiger partial charge in [0.2, 0.25) is 5.91 Å². The monoisotopic (exact) mass is 221 g/mol. The van der Waals surface area contributed by atoms with E-state index in [2.05, 4.69) is 5.32 Å². The molecule has 1 aromatic rings. The van der Waals surface area contributed by atoms with E-state index >= 15 is 0 Å². The predicted octanol–water partition coefficient (Wildman–Crippen LogP) is 1.57. The summed E-state index contributed by atoms with van der Waals surface area (Å²) in [6.45, 7) is 5.02. The first-order chi connectivity index (χ1) is 7.41. The van der Waals surface area contributed by atoms with Crippen LogP contribution >= 0.6 is 0 Å². The third-order valence-corrected chi connectivity index (χ3v) is 2.34. The number of carbonyl (C=O) groups is 2. The largest absolute Gasteiger partial charge is 0.479 e. The maximum Gasteiger partial charge on any atom is 0.330 e. The summed E-state index contributed by atoms with van der Waals surface area (Å²) < 4.78 is 0. The molecule has 1 amide bonds. The van der Waals surface area contributed by atoms with Crippen molar-refractivity contribution in [1.29, 1.82) is 0 Å². The molecule has 0 bridgehead atoms. The normalized spacial score (nSPS) is 11.9.